The van der Waals surface area contributed by atoms with Crippen LogP contribution in [0.4, 0.5) is 5.69 Å². The Balaban J connectivity index is 1.56. The molecule has 0 aliphatic carbocycles. The van der Waals surface area contributed by atoms with Gasteiger partial charge in [0.15, 0.2) is 0 Å². The zero-order valence-corrected chi connectivity index (χ0v) is 14.3. The number of hydrogen-bond donors (Lipinski definition) is 1. The Kier molecular flexibility index (Phi) is 5.16. The Morgan fingerprint density at radius 3 is 2.83 bits per heavy atom. The first-order chi connectivity index (χ1) is 11.7. The highest BCUT2D eigenvalue weighted by Gasteiger charge is 2.26. The van der Waals surface area contributed by atoms with Crippen LogP contribution in [0.2, 0.25) is 0 Å². The Labute approximate surface area is 143 Å². The fourth-order valence-electron chi connectivity index (χ4n) is 3.30. The molecule has 1 N–H and O–H groups in total. The van der Waals surface area contributed by atoms with Gasteiger partial charge in [0.25, 0.3) is 0 Å². The van der Waals surface area contributed by atoms with E-state index in [1.807, 2.05) is 24.3 Å². The van der Waals surface area contributed by atoms with Gasteiger partial charge in [0.2, 0.25) is 5.91 Å². The van der Waals surface area contributed by atoms with Gasteiger partial charge in [-0.15, -0.1) is 0 Å². The van der Waals surface area contributed by atoms with Gasteiger partial charge < -0.3 is 15.0 Å². The van der Waals surface area contributed by atoms with E-state index < -0.39 is 0 Å². The molecule has 0 bridgehead atoms. The summed E-state index contributed by atoms with van der Waals surface area (Å²) in [5.41, 5.74) is 4.72. The van der Waals surface area contributed by atoms with Crippen LogP contribution in [0.15, 0.2) is 48.5 Å². The molecule has 126 valence electrons. The Morgan fingerprint density at radius 1 is 1.21 bits per heavy atom. The number of carbonyl (C=O) groups is 1. The standard InChI is InChI=1S/C20H24N2O2/c1-15-12-22(19-9-4-3-8-18(15)19)13-20(23)21-11-16-6-5-7-17(10-16)14-24-2/h3-10,15H,11-14H2,1-2H3,(H,21,23). The van der Waals surface area contributed by atoms with Crippen LogP contribution in [-0.4, -0.2) is 26.1 Å². The summed E-state index contributed by atoms with van der Waals surface area (Å²) in [6.07, 6.45) is 0. The van der Waals surface area contributed by atoms with Crippen molar-refractivity contribution in [3.05, 3.63) is 65.2 Å². The SMILES string of the molecule is COCc1cccc(CNC(=O)CN2CC(C)c3ccccc32)c1. The summed E-state index contributed by atoms with van der Waals surface area (Å²) in [4.78, 5) is 14.5. The van der Waals surface area contributed by atoms with Gasteiger partial charge in [-0.3, -0.25) is 4.79 Å². The molecule has 0 spiro atoms. The number of rotatable bonds is 6. The number of fused-ring (bicyclic) bond motifs is 1. The van der Waals surface area contributed by atoms with Crippen molar-refractivity contribution in [3.8, 4) is 0 Å². The number of para-hydroxylation sites is 1. The second-order valence-corrected chi connectivity index (χ2v) is 6.37. The van der Waals surface area contributed by atoms with E-state index in [-0.39, 0.29) is 5.91 Å². The summed E-state index contributed by atoms with van der Waals surface area (Å²) in [6, 6.07) is 16.4. The third-order valence-electron chi connectivity index (χ3n) is 4.43. The second-order valence-electron chi connectivity index (χ2n) is 6.37. The highest BCUT2D eigenvalue weighted by Crippen LogP contribution is 2.35. The Bertz CT molecular complexity index is 714. The molecule has 1 aliphatic heterocycles. The van der Waals surface area contributed by atoms with Crippen molar-refractivity contribution >= 4 is 11.6 Å². The average molecular weight is 324 g/mol. The minimum Gasteiger partial charge on any atom is -0.380 e. The number of benzene rings is 2. The minimum absolute atomic E-state index is 0.0519. The molecule has 0 saturated carbocycles. The molecule has 0 radical (unpaired) electrons. The molecule has 24 heavy (non-hydrogen) atoms. The van der Waals surface area contributed by atoms with E-state index >= 15 is 0 Å². The van der Waals surface area contributed by atoms with Gasteiger partial charge in [0.05, 0.1) is 13.2 Å². The molecule has 1 atom stereocenters. The number of amides is 1. The largest absolute Gasteiger partial charge is 0.380 e. The van der Waals surface area contributed by atoms with E-state index in [1.165, 1.54) is 11.3 Å². The van der Waals surface area contributed by atoms with E-state index in [0.717, 1.165) is 17.7 Å². The van der Waals surface area contributed by atoms with Gasteiger partial charge in [0.1, 0.15) is 0 Å². The maximum atomic E-state index is 12.3. The molecule has 4 heteroatoms. The summed E-state index contributed by atoms with van der Waals surface area (Å²) in [5, 5.41) is 3.02. The molecular formula is C20H24N2O2. The predicted octanol–water partition coefficient (Wildman–Crippen LogP) is 3.07. The lowest BCUT2D eigenvalue weighted by Crippen LogP contribution is -2.36. The van der Waals surface area contributed by atoms with Crippen LogP contribution in [0, 0.1) is 0 Å². The van der Waals surface area contributed by atoms with Crippen molar-refractivity contribution in [2.24, 2.45) is 0 Å². The maximum absolute atomic E-state index is 12.3. The highest BCUT2D eigenvalue weighted by atomic mass is 16.5. The third kappa shape index (κ3) is 3.77. The molecule has 1 aliphatic rings. The topological polar surface area (TPSA) is 41.6 Å². The van der Waals surface area contributed by atoms with E-state index in [1.54, 1.807) is 7.11 Å². The molecular weight excluding hydrogens is 300 g/mol. The van der Waals surface area contributed by atoms with Gasteiger partial charge >= 0.3 is 0 Å². The van der Waals surface area contributed by atoms with Crippen molar-refractivity contribution in [3.63, 3.8) is 0 Å². The van der Waals surface area contributed by atoms with E-state index in [2.05, 4.69) is 41.4 Å². The smallest absolute Gasteiger partial charge is 0.239 e. The van der Waals surface area contributed by atoms with Crippen LogP contribution in [-0.2, 0) is 22.7 Å². The number of ether oxygens (including phenoxy) is 1. The Hall–Kier alpha value is -2.33. The molecule has 2 aromatic rings. The Morgan fingerprint density at radius 2 is 2.00 bits per heavy atom. The molecule has 0 aromatic heterocycles. The molecule has 4 nitrogen and oxygen atoms in total. The summed E-state index contributed by atoms with van der Waals surface area (Å²) >= 11 is 0. The molecule has 1 amide bonds. The number of nitrogens with one attached hydrogen (secondary N) is 1. The molecule has 1 unspecified atom stereocenters. The highest BCUT2D eigenvalue weighted by molar-refractivity contribution is 5.82. The van der Waals surface area contributed by atoms with Crippen LogP contribution >= 0.6 is 0 Å². The maximum Gasteiger partial charge on any atom is 0.239 e. The van der Waals surface area contributed by atoms with Crippen LogP contribution in [0.1, 0.15) is 29.5 Å². The quantitative estimate of drug-likeness (QED) is 0.888. The first-order valence-corrected chi connectivity index (χ1v) is 8.34. The summed E-state index contributed by atoms with van der Waals surface area (Å²) in [7, 11) is 1.68. The van der Waals surface area contributed by atoms with Gasteiger partial charge in [0, 0.05) is 31.8 Å². The summed E-state index contributed by atoms with van der Waals surface area (Å²) in [6.45, 7) is 4.64. The van der Waals surface area contributed by atoms with Crippen molar-refractivity contribution < 1.29 is 9.53 Å². The normalized spacial score (nSPS) is 16.1. The molecule has 1 heterocycles. The molecule has 0 saturated heterocycles. The van der Waals surface area contributed by atoms with Crippen LogP contribution in [0.5, 0.6) is 0 Å². The van der Waals surface area contributed by atoms with Crippen molar-refractivity contribution in [2.75, 3.05) is 25.1 Å². The van der Waals surface area contributed by atoms with Gasteiger partial charge in [-0.25, -0.2) is 0 Å². The monoisotopic (exact) mass is 324 g/mol. The minimum atomic E-state index is 0.0519. The third-order valence-corrected chi connectivity index (χ3v) is 4.43. The first kappa shape index (κ1) is 16.5. The van der Waals surface area contributed by atoms with E-state index in [9.17, 15) is 4.79 Å². The zero-order chi connectivity index (χ0) is 16.9. The fraction of sp³-hybridized carbons (Fsp3) is 0.350. The van der Waals surface area contributed by atoms with Crippen LogP contribution in [0.3, 0.4) is 0 Å². The van der Waals surface area contributed by atoms with E-state index in [4.69, 9.17) is 4.74 Å². The van der Waals surface area contributed by atoms with Crippen molar-refractivity contribution in [1.29, 1.82) is 0 Å². The first-order valence-electron chi connectivity index (χ1n) is 8.34. The molecule has 3 rings (SSSR count). The van der Waals surface area contributed by atoms with Gasteiger partial charge in [-0.2, -0.15) is 0 Å². The van der Waals surface area contributed by atoms with Gasteiger partial charge in [-0.05, 0) is 22.8 Å². The number of anilines is 1. The zero-order valence-electron chi connectivity index (χ0n) is 14.3. The predicted molar refractivity (Wildman–Crippen MR) is 96.1 cm³/mol. The molecule has 2 aromatic carbocycles. The van der Waals surface area contributed by atoms with Crippen molar-refractivity contribution in [1.82, 2.24) is 5.32 Å². The van der Waals surface area contributed by atoms with Gasteiger partial charge in [-0.1, -0.05) is 49.4 Å². The van der Waals surface area contributed by atoms with E-state index in [0.29, 0.717) is 25.6 Å². The lowest BCUT2D eigenvalue weighted by molar-refractivity contribution is -0.119. The summed E-state index contributed by atoms with van der Waals surface area (Å²) in [5.74, 6) is 0.524. The lowest BCUT2D eigenvalue weighted by atomic mass is 10.0. The van der Waals surface area contributed by atoms with Crippen LogP contribution in [0.25, 0.3) is 0 Å². The number of methoxy groups -OCH3 is 1. The van der Waals surface area contributed by atoms with Crippen molar-refractivity contribution in [2.45, 2.75) is 26.0 Å². The number of carbonyl (C=O) groups excluding carboxylic acids is 1. The van der Waals surface area contributed by atoms with Crippen LogP contribution < -0.4 is 10.2 Å². The number of hydrogen-bond acceptors (Lipinski definition) is 3. The molecule has 0 fully saturated rings. The second kappa shape index (κ2) is 7.49. The summed E-state index contributed by atoms with van der Waals surface area (Å²) < 4.78 is 5.15. The number of nitrogens with zero attached hydrogens (tertiary/aromatic N) is 1. The average Bonchev–Trinajstić information content (AvgIpc) is 2.90. The fourth-order valence-corrected chi connectivity index (χ4v) is 3.30. The lowest BCUT2D eigenvalue weighted by Gasteiger charge is -2.19.